The molecule has 0 bridgehead atoms. The van der Waals surface area contributed by atoms with E-state index in [1.807, 2.05) is 0 Å². The molecule has 0 aliphatic carbocycles. The van der Waals surface area contributed by atoms with Crippen LogP contribution in [0.5, 0.6) is 0 Å². The summed E-state index contributed by atoms with van der Waals surface area (Å²) in [5.74, 6) is -1.10. The molecule has 2 atom stereocenters. The molecule has 1 fully saturated rings. The topological polar surface area (TPSA) is 174 Å². The van der Waals surface area contributed by atoms with Crippen molar-refractivity contribution < 1.29 is 28.6 Å². The minimum atomic E-state index is -3.37. The van der Waals surface area contributed by atoms with Gasteiger partial charge in [0.25, 0.3) is 0 Å². The zero-order chi connectivity index (χ0) is 22.8. The Morgan fingerprint density at radius 2 is 1.97 bits per heavy atom. The number of hydrogen-bond acceptors (Lipinski definition) is 6. The number of amides is 3. The highest BCUT2D eigenvalue weighted by Crippen LogP contribution is 2.57. The lowest BCUT2D eigenvalue weighted by atomic mass is 10.0. The summed E-state index contributed by atoms with van der Waals surface area (Å²) in [6.07, 6.45) is -1.53. The Hall–Kier alpha value is -2.99. The second-order valence-corrected chi connectivity index (χ2v) is 9.32. The average molecular weight is 469 g/mol. The van der Waals surface area contributed by atoms with Gasteiger partial charge in [-0.05, 0) is 29.3 Å². The number of hydrogen-bond donors (Lipinski definition) is 7. The second kappa shape index (κ2) is 9.02. The van der Waals surface area contributed by atoms with Crippen LogP contribution in [0.4, 0.5) is 16.2 Å². The molecule has 1 heterocycles. The van der Waals surface area contributed by atoms with Crippen LogP contribution in [0.15, 0.2) is 42.5 Å². The Morgan fingerprint density at radius 1 is 1.26 bits per heavy atom. The van der Waals surface area contributed by atoms with Crippen LogP contribution in [0.2, 0.25) is 5.02 Å². The maximum atomic E-state index is 12.7. The van der Waals surface area contributed by atoms with Gasteiger partial charge < -0.3 is 21.5 Å². The zero-order valence-electron chi connectivity index (χ0n) is 16.0. The van der Waals surface area contributed by atoms with Crippen LogP contribution in [0.25, 0.3) is 0 Å². The summed E-state index contributed by atoms with van der Waals surface area (Å²) in [5, 5.41) is 13.2. The minimum absolute atomic E-state index is 0.0248. The van der Waals surface area contributed by atoms with Gasteiger partial charge in [-0.2, -0.15) is 0 Å². The molecule has 8 N–H and O–H groups in total. The predicted octanol–water partition coefficient (Wildman–Crippen LogP) is 2.97. The van der Waals surface area contributed by atoms with Crippen molar-refractivity contribution >= 4 is 51.7 Å². The molecular formula is C19H21ClN4O6S. The number of nitrogens with one attached hydrogen (secondary N) is 3. The molecule has 166 valence electrons. The minimum Gasteiger partial charge on any atom is -0.465 e. The van der Waals surface area contributed by atoms with Crippen molar-refractivity contribution in [3.05, 3.63) is 58.6 Å². The summed E-state index contributed by atoms with van der Waals surface area (Å²) >= 11 is 6.30. The van der Waals surface area contributed by atoms with Crippen molar-refractivity contribution in [2.75, 3.05) is 11.1 Å². The number of carboxylic acid groups (broad SMARTS) is 1. The van der Waals surface area contributed by atoms with E-state index >= 15 is 0 Å². The van der Waals surface area contributed by atoms with Gasteiger partial charge in [0.15, 0.2) is 0 Å². The van der Waals surface area contributed by atoms with Crippen molar-refractivity contribution in [1.82, 2.24) is 10.0 Å². The van der Waals surface area contributed by atoms with Crippen LogP contribution >= 0.6 is 22.4 Å². The summed E-state index contributed by atoms with van der Waals surface area (Å²) < 4.78 is 22.3. The molecule has 2 aromatic carbocycles. The molecule has 3 rings (SSSR count). The van der Waals surface area contributed by atoms with E-state index in [0.717, 1.165) is 0 Å². The maximum absolute atomic E-state index is 12.7. The summed E-state index contributed by atoms with van der Waals surface area (Å²) in [6, 6.07) is 10.0. The van der Waals surface area contributed by atoms with E-state index in [0.29, 0.717) is 22.5 Å². The Kier molecular flexibility index (Phi) is 6.60. The first-order valence-corrected chi connectivity index (χ1v) is 11.1. The van der Waals surface area contributed by atoms with Crippen LogP contribution in [0, 0.1) is 0 Å². The third kappa shape index (κ3) is 5.39. The summed E-state index contributed by atoms with van der Waals surface area (Å²) in [7, 11) is -3.37. The van der Waals surface area contributed by atoms with Gasteiger partial charge in [-0.25, -0.2) is 4.79 Å². The molecule has 2 aromatic rings. The molecule has 0 radical (unpaired) electrons. The smallest absolute Gasteiger partial charge is 0.405 e. The number of anilines is 2. The van der Waals surface area contributed by atoms with Gasteiger partial charge in [0.2, 0.25) is 11.8 Å². The fourth-order valence-electron chi connectivity index (χ4n) is 3.24. The van der Waals surface area contributed by atoms with Crippen molar-refractivity contribution in [2.24, 2.45) is 0 Å². The Balaban J connectivity index is 1.79. The lowest BCUT2D eigenvalue weighted by Crippen LogP contribution is -2.44. The van der Waals surface area contributed by atoms with Gasteiger partial charge >= 0.3 is 6.09 Å². The van der Waals surface area contributed by atoms with Crippen molar-refractivity contribution in [2.45, 2.75) is 24.1 Å². The fourth-order valence-corrected chi connectivity index (χ4v) is 5.14. The molecular weight excluding hydrogens is 448 g/mol. The Labute approximate surface area is 184 Å². The molecule has 0 saturated carbocycles. The zero-order valence-corrected chi connectivity index (χ0v) is 17.6. The first-order valence-electron chi connectivity index (χ1n) is 9.07. The molecule has 31 heavy (non-hydrogen) atoms. The second-order valence-electron chi connectivity index (χ2n) is 6.95. The summed E-state index contributed by atoms with van der Waals surface area (Å²) in [4.78, 5) is 35.4. The fraction of sp³-hybridized carbons (Fsp3) is 0.211. The van der Waals surface area contributed by atoms with E-state index in [-0.39, 0.29) is 17.9 Å². The number of para-hydroxylation sites is 2. The molecule has 10 nitrogen and oxygen atoms in total. The van der Waals surface area contributed by atoms with E-state index in [1.54, 1.807) is 30.3 Å². The standard InChI is InChI=1S/C19H21ClN4O6S/c20-12-7-10(5-6-11(12)16-9-17(25)24-31(16,29)30)8-15(23-19(27)28)18(26)22-14-4-2-1-3-13(14)21/h1-7,15-16,23,29-30H,8-9,21H2,(H,22,26)(H,24,25)(H,27,28)/t15-,16?/m0/s1. The highest BCUT2D eigenvalue weighted by Gasteiger charge is 2.39. The van der Waals surface area contributed by atoms with Gasteiger partial charge in [-0.1, -0.05) is 35.9 Å². The van der Waals surface area contributed by atoms with Gasteiger partial charge in [0.05, 0.1) is 17.8 Å². The lowest BCUT2D eigenvalue weighted by molar-refractivity contribution is -0.119. The van der Waals surface area contributed by atoms with Gasteiger partial charge in [-0.15, -0.1) is 10.8 Å². The van der Waals surface area contributed by atoms with Crippen molar-refractivity contribution in [1.29, 1.82) is 0 Å². The number of rotatable bonds is 6. The summed E-state index contributed by atoms with van der Waals surface area (Å²) in [5.41, 5.74) is 7.39. The van der Waals surface area contributed by atoms with Crippen molar-refractivity contribution in [3.8, 4) is 0 Å². The van der Waals surface area contributed by atoms with E-state index < -0.39 is 40.0 Å². The van der Waals surface area contributed by atoms with Gasteiger partial charge in [0.1, 0.15) is 11.3 Å². The van der Waals surface area contributed by atoms with E-state index in [1.165, 1.54) is 12.1 Å². The molecule has 1 aliphatic rings. The van der Waals surface area contributed by atoms with Gasteiger partial charge in [0, 0.05) is 11.4 Å². The van der Waals surface area contributed by atoms with Crippen LogP contribution < -0.4 is 21.1 Å². The normalized spacial score (nSPS) is 19.2. The quantitative estimate of drug-likeness (QED) is 0.319. The Morgan fingerprint density at radius 3 is 2.55 bits per heavy atom. The molecule has 12 heteroatoms. The monoisotopic (exact) mass is 468 g/mol. The number of carbonyl (C=O) groups is 3. The molecule has 0 spiro atoms. The number of benzene rings is 2. The molecule has 3 amide bonds. The van der Waals surface area contributed by atoms with Crippen molar-refractivity contribution in [3.63, 3.8) is 0 Å². The number of halogens is 1. The number of nitrogens with two attached hydrogens (primary N) is 1. The lowest BCUT2D eigenvalue weighted by Gasteiger charge is -2.33. The van der Waals surface area contributed by atoms with Crippen LogP contribution in [-0.2, 0) is 16.0 Å². The average Bonchev–Trinajstić information content (AvgIpc) is 2.94. The summed E-state index contributed by atoms with van der Waals surface area (Å²) in [6.45, 7) is 0. The highest BCUT2D eigenvalue weighted by molar-refractivity contribution is 8.23. The third-order valence-corrected chi connectivity index (χ3v) is 6.79. The molecule has 1 saturated heterocycles. The molecule has 1 unspecified atom stereocenters. The highest BCUT2D eigenvalue weighted by atomic mass is 35.5. The number of carbonyl (C=O) groups excluding carboxylic acids is 2. The first kappa shape index (κ1) is 22.7. The van der Waals surface area contributed by atoms with Crippen LogP contribution in [0.1, 0.15) is 22.8 Å². The largest absolute Gasteiger partial charge is 0.465 e. The third-order valence-electron chi connectivity index (χ3n) is 4.72. The van der Waals surface area contributed by atoms with E-state index in [4.69, 9.17) is 22.4 Å². The number of nitrogen functional groups attached to an aromatic ring is 1. The van der Waals surface area contributed by atoms with Crippen LogP contribution in [-0.4, -0.2) is 38.2 Å². The maximum Gasteiger partial charge on any atom is 0.405 e. The first-order chi connectivity index (χ1) is 14.6. The van der Waals surface area contributed by atoms with Crippen LogP contribution in [0.3, 0.4) is 0 Å². The molecule has 1 aliphatic heterocycles. The van der Waals surface area contributed by atoms with Gasteiger partial charge in [-0.3, -0.25) is 23.4 Å². The molecule has 0 aromatic heterocycles. The van der Waals surface area contributed by atoms with E-state index in [9.17, 15) is 23.5 Å². The predicted molar refractivity (Wildman–Crippen MR) is 118 cm³/mol. The SMILES string of the molecule is Nc1ccccc1NC(=O)[C@H](Cc1ccc(C2CC(=O)NS2(O)O)c(Cl)c1)NC(=O)O. The van der Waals surface area contributed by atoms with E-state index in [2.05, 4.69) is 15.4 Å². The Bertz CT molecular complexity index is 1030.